The van der Waals surface area contributed by atoms with Crippen molar-refractivity contribution in [3.05, 3.63) is 42.1 Å². The van der Waals surface area contributed by atoms with E-state index in [9.17, 15) is 4.79 Å². The van der Waals surface area contributed by atoms with Crippen LogP contribution in [0.25, 0.3) is 11.0 Å². The molecule has 23 heavy (non-hydrogen) atoms. The molecule has 0 saturated carbocycles. The highest BCUT2D eigenvalue weighted by molar-refractivity contribution is 5.92. The highest BCUT2D eigenvalue weighted by atomic mass is 16.5. The van der Waals surface area contributed by atoms with E-state index in [1.807, 2.05) is 29.9 Å². The number of rotatable bonds is 4. The number of nitrogens with one attached hydrogen (secondary N) is 2. The van der Waals surface area contributed by atoms with E-state index in [1.165, 1.54) is 7.11 Å². The molecule has 118 valence electrons. The Bertz CT molecular complexity index is 872. The third kappa shape index (κ3) is 2.80. The molecule has 0 aliphatic heterocycles. The van der Waals surface area contributed by atoms with Crippen LogP contribution in [0.2, 0.25) is 0 Å². The molecular formula is C16H17N5O2. The molecule has 7 heteroatoms. The number of esters is 1. The Kier molecular flexibility index (Phi) is 3.84. The van der Waals surface area contributed by atoms with E-state index in [4.69, 9.17) is 4.74 Å². The lowest BCUT2D eigenvalue weighted by Crippen LogP contribution is -2.05. The van der Waals surface area contributed by atoms with Crippen molar-refractivity contribution in [2.45, 2.75) is 0 Å². The molecule has 0 bridgehead atoms. The summed E-state index contributed by atoms with van der Waals surface area (Å²) in [6.45, 7) is 0. The number of ether oxygens (including phenoxy) is 1. The maximum atomic E-state index is 11.7. The quantitative estimate of drug-likeness (QED) is 0.721. The predicted molar refractivity (Wildman–Crippen MR) is 89.1 cm³/mol. The first kappa shape index (κ1) is 14.8. The van der Waals surface area contributed by atoms with Gasteiger partial charge in [0.25, 0.3) is 0 Å². The summed E-state index contributed by atoms with van der Waals surface area (Å²) in [5.41, 5.74) is 2.94. The molecule has 1 aromatic carbocycles. The monoisotopic (exact) mass is 311 g/mol. The second-order valence-electron chi connectivity index (χ2n) is 5.00. The smallest absolute Gasteiger partial charge is 0.337 e. The van der Waals surface area contributed by atoms with Crippen LogP contribution in [0.1, 0.15) is 10.4 Å². The average Bonchev–Trinajstić information content (AvgIpc) is 2.95. The normalized spacial score (nSPS) is 10.6. The van der Waals surface area contributed by atoms with Crippen LogP contribution in [0.15, 0.2) is 36.5 Å². The number of aryl methyl sites for hydroxylation is 1. The zero-order valence-electron chi connectivity index (χ0n) is 13.1. The number of anilines is 3. The fourth-order valence-corrected chi connectivity index (χ4v) is 2.37. The van der Waals surface area contributed by atoms with Gasteiger partial charge in [-0.3, -0.25) is 0 Å². The van der Waals surface area contributed by atoms with Gasteiger partial charge in [-0.1, -0.05) is 6.07 Å². The molecule has 7 nitrogen and oxygen atoms in total. The highest BCUT2D eigenvalue weighted by Gasteiger charge is 2.12. The summed E-state index contributed by atoms with van der Waals surface area (Å²) >= 11 is 0. The molecule has 3 aromatic rings. The Labute approximate surface area is 133 Å². The molecular weight excluding hydrogens is 294 g/mol. The Morgan fingerprint density at radius 2 is 2.09 bits per heavy atom. The van der Waals surface area contributed by atoms with E-state index in [0.717, 1.165) is 16.7 Å². The fraction of sp³-hybridized carbons (Fsp3) is 0.188. The molecule has 0 aliphatic rings. The van der Waals surface area contributed by atoms with Crippen LogP contribution < -0.4 is 10.6 Å². The van der Waals surface area contributed by atoms with Crippen molar-refractivity contribution in [2.75, 3.05) is 24.8 Å². The Morgan fingerprint density at radius 1 is 1.26 bits per heavy atom. The van der Waals surface area contributed by atoms with Gasteiger partial charge in [0.2, 0.25) is 5.95 Å². The average molecular weight is 311 g/mol. The second kappa shape index (κ2) is 5.96. The van der Waals surface area contributed by atoms with Crippen LogP contribution in [0.4, 0.5) is 17.5 Å². The first-order valence-electron chi connectivity index (χ1n) is 7.08. The van der Waals surface area contributed by atoms with Crippen molar-refractivity contribution >= 4 is 34.5 Å². The van der Waals surface area contributed by atoms with Crippen molar-refractivity contribution in [2.24, 2.45) is 7.05 Å². The highest BCUT2D eigenvalue weighted by Crippen LogP contribution is 2.26. The van der Waals surface area contributed by atoms with Crippen molar-refractivity contribution in [1.82, 2.24) is 14.5 Å². The third-order valence-corrected chi connectivity index (χ3v) is 3.49. The van der Waals surface area contributed by atoms with Gasteiger partial charge in [0.15, 0.2) is 5.82 Å². The second-order valence-corrected chi connectivity index (χ2v) is 5.00. The van der Waals surface area contributed by atoms with Crippen molar-refractivity contribution < 1.29 is 9.53 Å². The largest absolute Gasteiger partial charge is 0.465 e. The minimum absolute atomic E-state index is 0.378. The number of nitrogens with zero attached hydrogens (tertiary/aromatic N) is 3. The number of methoxy groups -OCH3 is 1. The minimum atomic E-state index is -0.378. The minimum Gasteiger partial charge on any atom is -0.465 e. The first-order chi connectivity index (χ1) is 11.1. The van der Waals surface area contributed by atoms with Crippen molar-refractivity contribution in [1.29, 1.82) is 0 Å². The van der Waals surface area contributed by atoms with E-state index < -0.39 is 0 Å². The lowest BCUT2D eigenvalue weighted by molar-refractivity contribution is 0.0601. The van der Waals surface area contributed by atoms with Crippen LogP contribution >= 0.6 is 0 Å². The number of hydrogen-bond acceptors (Lipinski definition) is 6. The van der Waals surface area contributed by atoms with Crippen LogP contribution in [-0.2, 0) is 11.8 Å². The molecule has 0 amide bonds. The summed E-state index contributed by atoms with van der Waals surface area (Å²) in [4.78, 5) is 20.5. The summed E-state index contributed by atoms with van der Waals surface area (Å²) in [5.74, 6) is 0.806. The van der Waals surface area contributed by atoms with Gasteiger partial charge in [-0.15, -0.1) is 0 Å². The maximum absolute atomic E-state index is 11.7. The van der Waals surface area contributed by atoms with Crippen LogP contribution in [0.5, 0.6) is 0 Å². The summed E-state index contributed by atoms with van der Waals surface area (Å²) in [5, 5.41) is 6.20. The molecule has 0 aliphatic carbocycles. The van der Waals surface area contributed by atoms with Gasteiger partial charge in [0.1, 0.15) is 5.52 Å². The molecule has 3 rings (SSSR count). The molecule has 0 spiro atoms. The van der Waals surface area contributed by atoms with Gasteiger partial charge in [0, 0.05) is 26.0 Å². The number of carbonyl (C=O) groups is 1. The van der Waals surface area contributed by atoms with E-state index in [2.05, 4.69) is 20.6 Å². The summed E-state index contributed by atoms with van der Waals surface area (Å²) in [7, 11) is 5.06. The van der Waals surface area contributed by atoms with Crippen LogP contribution in [0, 0.1) is 0 Å². The van der Waals surface area contributed by atoms with E-state index >= 15 is 0 Å². The zero-order chi connectivity index (χ0) is 16.4. The van der Waals surface area contributed by atoms with Gasteiger partial charge in [-0.05, 0) is 24.3 Å². The molecule has 0 saturated heterocycles. The lowest BCUT2D eigenvalue weighted by atomic mass is 10.2. The number of hydrogen-bond donors (Lipinski definition) is 2. The maximum Gasteiger partial charge on any atom is 0.337 e. The summed E-state index contributed by atoms with van der Waals surface area (Å²) in [6.07, 6.45) is 1.93. The number of carbonyl (C=O) groups excluding carboxylic acids is 1. The van der Waals surface area contributed by atoms with Gasteiger partial charge in [-0.2, -0.15) is 4.98 Å². The topological polar surface area (TPSA) is 81.1 Å². The Hall–Kier alpha value is -3.09. The number of aromatic nitrogens is 3. The van der Waals surface area contributed by atoms with Gasteiger partial charge in [0.05, 0.1) is 18.2 Å². The van der Waals surface area contributed by atoms with E-state index in [-0.39, 0.29) is 5.97 Å². The van der Waals surface area contributed by atoms with Crippen molar-refractivity contribution in [3.8, 4) is 0 Å². The molecule has 2 heterocycles. The lowest BCUT2D eigenvalue weighted by Gasteiger charge is -2.11. The van der Waals surface area contributed by atoms with Gasteiger partial charge >= 0.3 is 5.97 Å². The SMILES string of the molecule is CNc1nc(Nc2cccc(C(=O)OC)c2)c2c(ccn2C)n1. The predicted octanol–water partition coefficient (Wildman–Crippen LogP) is 2.54. The Balaban J connectivity index is 2.04. The van der Waals surface area contributed by atoms with Crippen molar-refractivity contribution in [3.63, 3.8) is 0 Å². The van der Waals surface area contributed by atoms with Gasteiger partial charge in [-0.25, -0.2) is 9.78 Å². The summed E-state index contributed by atoms with van der Waals surface area (Å²) in [6, 6.07) is 9.00. The molecule has 0 radical (unpaired) electrons. The third-order valence-electron chi connectivity index (χ3n) is 3.49. The molecule has 2 aromatic heterocycles. The van der Waals surface area contributed by atoms with Gasteiger partial charge < -0.3 is 19.9 Å². The molecule has 0 atom stereocenters. The van der Waals surface area contributed by atoms with Crippen LogP contribution in [0.3, 0.4) is 0 Å². The fourth-order valence-electron chi connectivity index (χ4n) is 2.37. The molecule has 0 fully saturated rings. The van der Waals surface area contributed by atoms with Crippen LogP contribution in [-0.4, -0.2) is 34.7 Å². The number of fused-ring (bicyclic) bond motifs is 1. The first-order valence-corrected chi connectivity index (χ1v) is 7.08. The van der Waals surface area contributed by atoms with E-state index in [1.54, 1.807) is 25.2 Å². The Morgan fingerprint density at radius 3 is 2.83 bits per heavy atom. The summed E-state index contributed by atoms with van der Waals surface area (Å²) < 4.78 is 6.69. The van der Waals surface area contributed by atoms with E-state index in [0.29, 0.717) is 17.3 Å². The number of benzene rings is 1. The molecule has 0 unspecified atom stereocenters. The standard InChI is InChI=1S/C16H17N5O2/c1-17-16-19-12-7-8-21(2)13(12)14(20-16)18-11-6-4-5-10(9-11)15(22)23-3/h4-9H,1-3H3,(H2,17,18,19,20). The molecule has 2 N–H and O–H groups in total. The zero-order valence-corrected chi connectivity index (χ0v) is 13.1.